The van der Waals surface area contributed by atoms with Crippen molar-refractivity contribution in [3.63, 3.8) is 0 Å². The number of rotatable bonds is 6. The van der Waals surface area contributed by atoms with Crippen LogP contribution in [0.1, 0.15) is 17.5 Å². The zero-order valence-electron chi connectivity index (χ0n) is 13.5. The molecule has 4 nitrogen and oxygen atoms in total. The standard InChI is InChI=1S/C18H26N4/c1-17-5-2-3-6-18(17)15-21-13-11-20(12-14-21)8-4-9-22-10-7-19-16-22/h2-3,5-7,10,16H,4,8-9,11-15H2,1H3. The van der Waals surface area contributed by atoms with Crippen molar-refractivity contribution in [1.82, 2.24) is 19.4 Å². The molecule has 1 aliphatic rings. The maximum atomic E-state index is 4.09. The Hall–Kier alpha value is -1.65. The Bertz CT molecular complexity index is 556. The van der Waals surface area contributed by atoms with Crippen LogP contribution in [0.4, 0.5) is 0 Å². The van der Waals surface area contributed by atoms with Crippen molar-refractivity contribution in [1.29, 1.82) is 0 Å². The third kappa shape index (κ3) is 4.18. The summed E-state index contributed by atoms with van der Waals surface area (Å²) in [5, 5.41) is 0. The van der Waals surface area contributed by atoms with Gasteiger partial charge in [-0.25, -0.2) is 4.98 Å². The van der Waals surface area contributed by atoms with Crippen molar-refractivity contribution in [2.24, 2.45) is 0 Å². The third-order valence-corrected chi connectivity index (χ3v) is 4.57. The second-order valence-corrected chi connectivity index (χ2v) is 6.20. The number of aromatic nitrogens is 2. The van der Waals surface area contributed by atoms with Crippen LogP contribution in [-0.4, -0.2) is 52.1 Å². The molecular weight excluding hydrogens is 272 g/mol. The van der Waals surface area contributed by atoms with Crippen LogP contribution in [0.5, 0.6) is 0 Å². The van der Waals surface area contributed by atoms with Gasteiger partial charge < -0.3 is 9.47 Å². The van der Waals surface area contributed by atoms with E-state index in [0.29, 0.717) is 0 Å². The van der Waals surface area contributed by atoms with Crippen LogP contribution in [-0.2, 0) is 13.1 Å². The lowest BCUT2D eigenvalue weighted by atomic mass is 10.1. The van der Waals surface area contributed by atoms with Crippen LogP contribution >= 0.6 is 0 Å². The quantitative estimate of drug-likeness (QED) is 0.818. The van der Waals surface area contributed by atoms with Gasteiger partial charge in [0.2, 0.25) is 0 Å². The lowest BCUT2D eigenvalue weighted by molar-refractivity contribution is 0.125. The van der Waals surface area contributed by atoms with E-state index in [0.717, 1.165) is 13.1 Å². The van der Waals surface area contributed by atoms with Crippen LogP contribution in [0, 0.1) is 6.92 Å². The Morgan fingerprint density at radius 1 is 1.00 bits per heavy atom. The minimum atomic E-state index is 1.07. The Morgan fingerprint density at radius 3 is 2.50 bits per heavy atom. The van der Waals surface area contributed by atoms with Crippen molar-refractivity contribution in [2.45, 2.75) is 26.4 Å². The average Bonchev–Trinajstić information content (AvgIpc) is 3.05. The van der Waals surface area contributed by atoms with Gasteiger partial charge in [0.1, 0.15) is 0 Å². The summed E-state index contributed by atoms with van der Waals surface area (Å²) in [6.45, 7) is 10.3. The molecule has 3 rings (SSSR count). The molecule has 1 aromatic heterocycles. The van der Waals surface area contributed by atoms with E-state index < -0.39 is 0 Å². The van der Waals surface area contributed by atoms with Crippen LogP contribution in [0.25, 0.3) is 0 Å². The molecule has 1 saturated heterocycles. The van der Waals surface area contributed by atoms with Crippen LogP contribution in [0.2, 0.25) is 0 Å². The van der Waals surface area contributed by atoms with Crippen molar-refractivity contribution >= 4 is 0 Å². The summed E-state index contributed by atoms with van der Waals surface area (Å²) >= 11 is 0. The first-order valence-corrected chi connectivity index (χ1v) is 8.26. The molecule has 118 valence electrons. The molecule has 4 heteroatoms. The lowest BCUT2D eigenvalue weighted by Gasteiger charge is -2.35. The molecule has 1 aromatic carbocycles. The van der Waals surface area contributed by atoms with Crippen LogP contribution < -0.4 is 0 Å². The van der Waals surface area contributed by atoms with E-state index in [9.17, 15) is 0 Å². The molecule has 1 aliphatic heterocycles. The predicted molar refractivity (Wildman–Crippen MR) is 89.7 cm³/mol. The maximum absolute atomic E-state index is 4.09. The molecule has 1 fully saturated rings. The Labute approximate surface area is 133 Å². The highest BCUT2D eigenvalue weighted by molar-refractivity contribution is 5.25. The number of imidazole rings is 1. The predicted octanol–water partition coefficient (Wildman–Crippen LogP) is 2.40. The Morgan fingerprint density at radius 2 is 1.77 bits per heavy atom. The van der Waals surface area contributed by atoms with E-state index in [1.807, 2.05) is 18.7 Å². The molecule has 0 unspecified atom stereocenters. The minimum absolute atomic E-state index is 1.07. The zero-order chi connectivity index (χ0) is 15.2. The topological polar surface area (TPSA) is 24.3 Å². The van der Waals surface area contributed by atoms with E-state index in [1.165, 1.54) is 50.3 Å². The summed E-state index contributed by atoms with van der Waals surface area (Å²) in [4.78, 5) is 9.25. The normalized spacial score (nSPS) is 17.0. The molecule has 2 heterocycles. The number of aryl methyl sites for hydroxylation is 2. The molecular formula is C18H26N4. The molecule has 22 heavy (non-hydrogen) atoms. The summed E-state index contributed by atoms with van der Waals surface area (Å²) in [6, 6.07) is 8.74. The minimum Gasteiger partial charge on any atom is -0.337 e. The van der Waals surface area contributed by atoms with Gasteiger partial charge in [-0.05, 0) is 31.0 Å². The van der Waals surface area contributed by atoms with Gasteiger partial charge in [-0.2, -0.15) is 0 Å². The lowest BCUT2D eigenvalue weighted by Crippen LogP contribution is -2.46. The molecule has 2 aromatic rings. The highest BCUT2D eigenvalue weighted by Gasteiger charge is 2.16. The third-order valence-electron chi connectivity index (χ3n) is 4.57. The fraction of sp³-hybridized carbons (Fsp3) is 0.500. The van der Waals surface area contributed by atoms with E-state index >= 15 is 0 Å². The van der Waals surface area contributed by atoms with Gasteiger partial charge in [-0.3, -0.25) is 4.90 Å². The van der Waals surface area contributed by atoms with Gasteiger partial charge in [-0.1, -0.05) is 24.3 Å². The zero-order valence-corrected chi connectivity index (χ0v) is 13.5. The highest BCUT2D eigenvalue weighted by Crippen LogP contribution is 2.12. The van der Waals surface area contributed by atoms with Gasteiger partial charge in [0, 0.05) is 51.7 Å². The van der Waals surface area contributed by atoms with Gasteiger partial charge in [0.05, 0.1) is 6.33 Å². The SMILES string of the molecule is Cc1ccccc1CN1CCN(CCCn2ccnc2)CC1. The molecule has 0 amide bonds. The second kappa shape index (κ2) is 7.56. The average molecular weight is 298 g/mol. The number of nitrogens with zero attached hydrogens (tertiary/aromatic N) is 4. The first-order chi connectivity index (χ1) is 10.8. The van der Waals surface area contributed by atoms with Crippen LogP contribution in [0.3, 0.4) is 0 Å². The van der Waals surface area contributed by atoms with E-state index in [-0.39, 0.29) is 0 Å². The maximum Gasteiger partial charge on any atom is 0.0945 e. The molecule has 0 bridgehead atoms. The first-order valence-electron chi connectivity index (χ1n) is 8.26. The van der Waals surface area contributed by atoms with Crippen molar-refractivity contribution < 1.29 is 0 Å². The van der Waals surface area contributed by atoms with Crippen molar-refractivity contribution in [3.8, 4) is 0 Å². The molecule has 0 aliphatic carbocycles. The van der Waals surface area contributed by atoms with Gasteiger partial charge in [0.25, 0.3) is 0 Å². The van der Waals surface area contributed by atoms with Gasteiger partial charge in [-0.15, -0.1) is 0 Å². The summed E-state index contributed by atoms with van der Waals surface area (Å²) in [5.74, 6) is 0. The number of piperazine rings is 1. The molecule has 0 atom stereocenters. The number of hydrogen-bond donors (Lipinski definition) is 0. The molecule has 0 saturated carbocycles. The largest absolute Gasteiger partial charge is 0.337 e. The second-order valence-electron chi connectivity index (χ2n) is 6.20. The number of hydrogen-bond acceptors (Lipinski definition) is 3. The van der Waals surface area contributed by atoms with Crippen molar-refractivity contribution in [2.75, 3.05) is 32.7 Å². The Balaban J connectivity index is 1.38. The summed E-state index contributed by atoms with van der Waals surface area (Å²) in [5.41, 5.74) is 2.88. The van der Waals surface area contributed by atoms with E-state index in [2.05, 4.69) is 50.5 Å². The summed E-state index contributed by atoms with van der Waals surface area (Å²) < 4.78 is 2.16. The number of benzene rings is 1. The summed E-state index contributed by atoms with van der Waals surface area (Å²) in [7, 11) is 0. The van der Waals surface area contributed by atoms with Gasteiger partial charge in [0.15, 0.2) is 0 Å². The molecule has 0 spiro atoms. The molecule has 0 radical (unpaired) electrons. The summed E-state index contributed by atoms with van der Waals surface area (Å²) in [6.07, 6.45) is 7.00. The molecule has 0 N–H and O–H groups in total. The van der Waals surface area contributed by atoms with Crippen LogP contribution in [0.15, 0.2) is 43.0 Å². The smallest absolute Gasteiger partial charge is 0.0945 e. The monoisotopic (exact) mass is 298 g/mol. The van der Waals surface area contributed by atoms with E-state index in [1.54, 1.807) is 0 Å². The fourth-order valence-corrected chi connectivity index (χ4v) is 3.10. The first kappa shape index (κ1) is 15.3. The van der Waals surface area contributed by atoms with Gasteiger partial charge >= 0.3 is 0 Å². The van der Waals surface area contributed by atoms with Crippen molar-refractivity contribution in [3.05, 3.63) is 54.1 Å². The Kier molecular flexibility index (Phi) is 5.24. The fourth-order valence-electron chi connectivity index (χ4n) is 3.10. The highest BCUT2D eigenvalue weighted by atomic mass is 15.3. The van der Waals surface area contributed by atoms with E-state index in [4.69, 9.17) is 0 Å².